The summed E-state index contributed by atoms with van der Waals surface area (Å²) in [7, 11) is -2.84. The number of hydrogen-bond donors (Lipinski definition) is 3. The maximum Gasteiger partial charge on any atom is 0.294 e. The zero-order valence-electron chi connectivity index (χ0n) is 12.7. The van der Waals surface area contributed by atoms with E-state index >= 15 is 0 Å². The molecule has 0 heterocycles. The van der Waals surface area contributed by atoms with Gasteiger partial charge in [-0.25, -0.2) is 0 Å². The van der Waals surface area contributed by atoms with E-state index in [1.165, 1.54) is 6.07 Å². The minimum Gasteiger partial charge on any atom is -0.507 e. The first-order valence-electron chi connectivity index (χ1n) is 6.98. The lowest BCUT2D eigenvalue weighted by Crippen LogP contribution is -1.99. The first-order valence-corrected chi connectivity index (χ1v) is 8.42. The molecule has 4 N–H and O–H groups in total. The number of aromatic hydroxyl groups is 1. The van der Waals surface area contributed by atoms with Gasteiger partial charge in [0.05, 0.1) is 17.7 Å². The predicted octanol–water partition coefficient (Wildman–Crippen LogP) is 3.05. The van der Waals surface area contributed by atoms with Crippen LogP contribution >= 0.6 is 0 Å². The molecule has 3 aromatic carbocycles. The Morgan fingerprint density at radius 3 is 2.29 bits per heavy atom. The maximum atomic E-state index is 11.3. The van der Waals surface area contributed by atoms with Crippen molar-refractivity contribution in [1.82, 2.24) is 0 Å². The van der Waals surface area contributed by atoms with Crippen molar-refractivity contribution >= 4 is 26.6 Å². The summed E-state index contributed by atoms with van der Waals surface area (Å²) in [4.78, 5) is -0.385. The number of nitrogen functional groups attached to an aromatic ring is 1. The smallest absolute Gasteiger partial charge is 0.294 e. The third-order valence-corrected chi connectivity index (χ3v) is 4.64. The molecule has 124 valence electrons. The van der Waals surface area contributed by atoms with Gasteiger partial charge < -0.3 is 15.6 Å². The van der Waals surface area contributed by atoms with Gasteiger partial charge in [0.15, 0.2) is 0 Å². The van der Waals surface area contributed by atoms with Crippen LogP contribution in [0.4, 0.5) is 5.69 Å². The molecule has 0 saturated carbocycles. The summed E-state index contributed by atoms with van der Waals surface area (Å²) in [6, 6.07) is 12.9. The fraction of sp³-hybridized carbons (Fsp3) is 0.0588. The van der Waals surface area contributed by atoms with Gasteiger partial charge in [0.2, 0.25) is 0 Å². The third kappa shape index (κ3) is 2.75. The van der Waals surface area contributed by atoms with Gasteiger partial charge in [-0.1, -0.05) is 24.3 Å². The molecule has 6 nitrogen and oxygen atoms in total. The molecule has 0 spiro atoms. The third-order valence-electron chi connectivity index (χ3n) is 3.81. The van der Waals surface area contributed by atoms with Gasteiger partial charge >= 0.3 is 0 Å². The first-order chi connectivity index (χ1) is 11.3. The van der Waals surface area contributed by atoms with Crippen LogP contribution in [-0.4, -0.2) is 25.2 Å². The summed E-state index contributed by atoms with van der Waals surface area (Å²) >= 11 is 0. The van der Waals surface area contributed by atoms with Crippen LogP contribution < -0.4 is 10.5 Å². The Kier molecular flexibility index (Phi) is 3.82. The van der Waals surface area contributed by atoms with Crippen LogP contribution in [0.3, 0.4) is 0 Å². The van der Waals surface area contributed by atoms with Gasteiger partial charge in [0.25, 0.3) is 10.1 Å². The average molecular weight is 345 g/mol. The number of ether oxygens (including phenoxy) is 1. The fourth-order valence-corrected chi connectivity index (χ4v) is 3.15. The number of benzene rings is 3. The average Bonchev–Trinajstić information content (AvgIpc) is 2.54. The molecule has 24 heavy (non-hydrogen) atoms. The number of nitrogens with two attached hydrogens (primary N) is 1. The van der Waals surface area contributed by atoms with E-state index in [9.17, 15) is 13.5 Å². The number of rotatable bonds is 3. The number of phenols is 1. The largest absolute Gasteiger partial charge is 0.507 e. The maximum absolute atomic E-state index is 11.3. The molecule has 0 aliphatic carbocycles. The van der Waals surface area contributed by atoms with Crippen molar-refractivity contribution < 1.29 is 22.8 Å². The summed E-state index contributed by atoms with van der Waals surface area (Å²) in [6.45, 7) is 0. The number of phenolic OH excluding ortho intramolecular Hbond substituents is 1. The molecule has 3 aromatic rings. The van der Waals surface area contributed by atoms with E-state index in [1.807, 2.05) is 12.1 Å². The molecular formula is C17H15NO5S. The van der Waals surface area contributed by atoms with Crippen molar-refractivity contribution in [2.24, 2.45) is 0 Å². The molecule has 0 atom stereocenters. The van der Waals surface area contributed by atoms with E-state index < -0.39 is 10.1 Å². The molecule has 0 aliphatic heterocycles. The minimum absolute atomic E-state index is 0.312. The summed E-state index contributed by atoms with van der Waals surface area (Å²) in [6.07, 6.45) is 0. The van der Waals surface area contributed by atoms with Crippen LogP contribution in [0, 0.1) is 0 Å². The zero-order chi connectivity index (χ0) is 17.5. The summed E-state index contributed by atoms with van der Waals surface area (Å²) in [5.74, 6) is 0.395. The van der Waals surface area contributed by atoms with Crippen molar-refractivity contribution in [3.8, 4) is 22.6 Å². The molecule has 0 unspecified atom stereocenters. The summed E-state index contributed by atoms with van der Waals surface area (Å²) in [5, 5.41) is 10.9. The zero-order valence-corrected chi connectivity index (χ0v) is 13.5. The molecule has 0 saturated heterocycles. The van der Waals surface area contributed by atoms with Gasteiger partial charge in [0.1, 0.15) is 11.5 Å². The van der Waals surface area contributed by atoms with Crippen molar-refractivity contribution in [1.29, 1.82) is 0 Å². The molecule has 0 radical (unpaired) electrons. The molecule has 0 fully saturated rings. The minimum atomic E-state index is -4.41. The van der Waals surface area contributed by atoms with Crippen molar-refractivity contribution in [3.63, 3.8) is 0 Å². The lowest BCUT2D eigenvalue weighted by molar-refractivity contribution is 0.415. The van der Waals surface area contributed by atoms with Gasteiger partial charge in [-0.2, -0.15) is 8.42 Å². The second-order valence-electron chi connectivity index (χ2n) is 5.27. The second-order valence-corrected chi connectivity index (χ2v) is 6.69. The Labute approximate surface area is 138 Å². The van der Waals surface area contributed by atoms with Gasteiger partial charge in [-0.3, -0.25) is 4.55 Å². The monoisotopic (exact) mass is 345 g/mol. The van der Waals surface area contributed by atoms with E-state index in [0.717, 1.165) is 11.6 Å². The highest BCUT2D eigenvalue weighted by Crippen LogP contribution is 2.39. The van der Waals surface area contributed by atoms with Gasteiger partial charge in [0, 0.05) is 17.0 Å². The Bertz CT molecular complexity index is 1030. The summed E-state index contributed by atoms with van der Waals surface area (Å²) in [5.41, 5.74) is 8.02. The number of anilines is 1. The lowest BCUT2D eigenvalue weighted by atomic mass is 9.98. The van der Waals surface area contributed by atoms with Crippen molar-refractivity contribution in [2.75, 3.05) is 12.8 Å². The van der Waals surface area contributed by atoms with Crippen LogP contribution in [0.25, 0.3) is 21.9 Å². The molecule has 0 aromatic heterocycles. The number of methoxy groups -OCH3 is 1. The van der Waals surface area contributed by atoms with E-state index in [1.54, 1.807) is 31.4 Å². The topological polar surface area (TPSA) is 110 Å². The number of fused-ring (bicyclic) bond motifs is 1. The standard InChI is InChI=1S/C17H15NO5S/c1-23-12-5-2-10(3-6-12)14-7-4-11-8-13(24(20,21)22)9-15(19)16(11)17(14)18/h2-9,19H,18H2,1H3,(H,20,21,22). The molecule has 0 amide bonds. The van der Waals surface area contributed by atoms with Crippen LogP contribution in [0.2, 0.25) is 0 Å². The van der Waals surface area contributed by atoms with E-state index in [0.29, 0.717) is 27.8 Å². The Balaban J connectivity index is 2.22. The SMILES string of the molecule is COc1ccc(-c2ccc3cc(S(=O)(=O)O)cc(O)c3c2N)cc1. The van der Waals surface area contributed by atoms with Crippen LogP contribution in [-0.2, 0) is 10.1 Å². The number of hydrogen-bond acceptors (Lipinski definition) is 5. The van der Waals surface area contributed by atoms with Crippen LogP contribution in [0.15, 0.2) is 53.4 Å². The van der Waals surface area contributed by atoms with Crippen LogP contribution in [0.5, 0.6) is 11.5 Å². The van der Waals surface area contributed by atoms with Crippen LogP contribution in [0.1, 0.15) is 0 Å². The Morgan fingerprint density at radius 1 is 1.04 bits per heavy atom. The summed E-state index contributed by atoms with van der Waals surface area (Å²) < 4.78 is 36.8. The predicted molar refractivity (Wildman–Crippen MR) is 91.8 cm³/mol. The fourth-order valence-electron chi connectivity index (χ4n) is 2.62. The molecule has 0 bridgehead atoms. The first kappa shape index (κ1) is 16.1. The van der Waals surface area contributed by atoms with Crippen molar-refractivity contribution in [2.45, 2.75) is 4.90 Å². The Morgan fingerprint density at radius 2 is 1.71 bits per heavy atom. The van der Waals surface area contributed by atoms with Crippen molar-refractivity contribution in [3.05, 3.63) is 48.5 Å². The van der Waals surface area contributed by atoms with Gasteiger partial charge in [-0.15, -0.1) is 0 Å². The molecule has 3 rings (SSSR count). The molecule has 0 aliphatic rings. The normalized spacial score (nSPS) is 11.6. The Hall–Kier alpha value is -2.77. The lowest BCUT2D eigenvalue weighted by Gasteiger charge is -2.12. The second kappa shape index (κ2) is 5.70. The quantitative estimate of drug-likeness (QED) is 0.497. The molecular weight excluding hydrogens is 330 g/mol. The van der Waals surface area contributed by atoms with E-state index in [-0.39, 0.29) is 10.6 Å². The highest BCUT2D eigenvalue weighted by molar-refractivity contribution is 7.85. The van der Waals surface area contributed by atoms with E-state index in [2.05, 4.69) is 0 Å². The molecule has 7 heteroatoms. The van der Waals surface area contributed by atoms with E-state index in [4.69, 9.17) is 15.0 Å². The van der Waals surface area contributed by atoms with Gasteiger partial charge in [-0.05, 0) is 29.1 Å². The highest BCUT2D eigenvalue weighted by Gasteiger charge is 2.16. The highest BCUT2D eigenvalue weighted by atomic mass is 32.2.